The third-order valence-corrected chi connectivity index (χ3v) is 2.94. The quantitative estimate of drug-likeness (QED) is 0.855. The molecular weight excluding hydrogens is 239 g/mol. The molecule has 0 fully saturated rings. The molecule has 2 rings (SSSR count). The number of fused-ring (bicyclic) bond motifs is 1. The Morgan fingerprint density at radius 2 is 1.78 bits per heavy atom. The predicted molar refractivity (Wildman–Crippen MR) is 73.7 cm³/mol. The maximum atomic E-state index is 10.9. The van der Waals surface area contributed by atoms with Crippen LogP contribution in [0.1, 0.15) is 18.4 Å². The van der Waals surface area contributed by atoms with E-state index < -0.39 is 11.9 Å². The van der Waals surface area contributed by atoms with Crippen LogP contribution in [0.25, 0.3) is 10.8 Å². The zero-order chi connectivity index (χ0) is 12.4. The first-order chi connectivity index (χ1) is 8.11. The van der Waals surface area contributed by atoms with Crippen LogP contribution in [0.3, 0.4) is 0 Å². The van der Waals surface area contributed by atoms with Crippen LogP contribution >= 0.6 is 0 Å². The van der Waals surface area contributed by atoms with Gasteiger partial charge in [-0.1, -0.05) is 24.3 Å². The number of rotatable bonds is 3. The molecule has 18 heavy (non-hydrogen) atoms. The average Bonchev–Trinajstić information content (AvgIpc) is 2.36. The van der Waals surface area contributed by atoms with Crippen molar-refractivity contribution >= 4 is 46.3 Å². The Hall–Kier alpha value is -1.03. The van der Waals surface area contributed by atoms with Crippen LogP contribution in [-0.4, -0.2) is 47.7 Å². The summed E-state index contributed by atoms with van der Waals surface area (Å²) in [4.78, 5) is 10.9. The number of ether oxygens (including phenoxy) is 1. The van der Waals surface area contributed by atoms with Gasteiger partial charge in [-0.3, -0.25) is 4.79 Å². The average molecular weight is 254 g/mol. The Morgan fingerprint density at radius 3 is 2.39 bits per heavy atom. The van der Waals surface area contributed by atoms with Crippen molar-refractivity contribution in [2.45, 2.75) is 12.8 Å². The summed E-state index contributed by atoms with van der Waals surface area (Å²) in [6, 6.07) is 11.4. The van der Waals surface area contributed by atoms with Gasteiger partial charge in [0, 0.05) is 0 Å². The normalized spacial score (nSPS) is 11.7. The summed E-state index contributed by atoms with van der Waals surface area (Å²) >= 11 is 0. The van der Waals surface area contributed by atoms with Crippen molar-refractivity contribution in [2.24, 2.45) is 0 Å². The van der Waals surface area contributed by atoms with E-state index in [1.165, 1.54) is 0 Å². The first-order valence-corrected chi connectivity index (χ1v) is 5.42. The number of hydrogen-bond donors (Lipinski definition) is 1. The van der Waals surface area contributed by atoms with E-state index in [0.29, 0.717) is 0 Å². The fourth-order valence-corrected chi connectivity index (χ4v) is 1.78. The van der Waals surface area contributed by atoms with E-state index in [9.17, 15) is 4.79 Å². The molecule has 0 spiro atoms. The Bertz CT molecular complexity index is 566. The third-order valence-electron chi connectivity index (χ3n) is 2.94. The number of methoxy groups -OCH3 is 1. The SMILES string of the molecule is COc1ccc2cc(C(C)C(=O)O)ccc2c1.[NaH]. The molecule has 0 aliphatic rings. The van der Waals surface area contributed by atoms with Crippen molar-refractivity contribution in [3.8, 4) is 5.75 Å². The molecule has 4 heteroatoms. The molecule has 1 N–H and O–H groups in total. The number of aliphatic carboxylic acids is 1. The first-order valence-electron chi connectivity index (χ1n) is 5.42. The number of benzene rings is 2. The van der Waals surface area contributed by atoms with Gasteiger partial charge < -0.3 is 9.84 Å². The molecule has 3 nitrogen and oxygen atoms in total. The van der Waals surface area contributed by atoms with Gasteiger partial charge in [0.05, 0.1) is 13.0 Å². The maximum absolute atomic E-state index is 10.9. The molecule has 2 aromatic rings. The number of carbonyl (C=O) groups is 1. The summed E-state index contributed by atoms with van der Waals surface area (Å²) in [5, 5.41) is 11.0. The van der Waals surface area contributed by atoms with Gasteiger partial charge in [0.2, 0.25) is 0 Å². The molecule has 0 saturated carbocycles. The molecule has 0 aliphatic carbocycles. The van der Waals surface area contributed by atoms with E-state index in [1.54, 1.807) is 14.0 Å². The summed E-state index contributed by atoms with van der Waals surface area (Å²) < 4.78 is 5.14. The fraction of sp³-hybridized carbons (Fsp3) is 0.214. The van der Waals surface area contributed by atoms with Gasteiger partial charge in [0.25, 0.3) is 0 Å². The van der Waals surface area contributed by atoms with E-state index in [-0.39, 0.29) is 29.6 Å². The van der Waals surface area contributed by atoms with Gasteiger partial charge in [-0.05, 0) is 35.4 Å². The van der Waals surface area contributed by atoms with Gasteiger partial charge >= 0.3 is 35.5 Å². The summed E-state index contributed by atoms with van der Waals surface area (Å²) in [5.74, 6) is -0.490. The van der Waals surface area contributed by atoms with Gasteiger partial charge in [-0.15, -0.1) is 0 Å². The van der Waals surface area contributed by atoms with E-state index in [0.717, 1.165) is 22.1 Å². The second-order valence-corrected chi connectivity index (χ2v) is 4.03. The van der Waals surface area contributed by atoms with Gasteiger partial charge in [0.15, 0.2) is 0 Å². The topological polar surface area (TPSA) is 46.5 Å². The molecule has 1 atom stereocenters. The number of carboxylic acids is 1. The van der Waals surface area contributed by atoms with Crippen LogP contribution in [0, 0.1) is 0 Å². The van der Waals surface area contributed by atoms with E-state index >= 15 is 0 Å². The van der Waals surface area contributed by atoms with Crippen LogP contribution in [0.2, 0.25) is 0 Å². The van der Waals surface area contributed by atoms with Gasteiger partial charge in [0.1, 0.15) is 5.75 Å². The van der Waals surface area contributed by atoms with Crippen LogP contribution in [-0.2, 0) is 4.79 Å². The Balaban J connectivity index is 0.00000162. The van der Waals surface area contributed by atoms with Crippen molar-refractivity contribution in [2.75, 3.05) is 7.11 Å². The molecule has 0 aliphatic heterocycles. The predicted octanol–water partition coefficient (Wildman–Crippen LogP) is 2.39. The minimum atomic E-state index is -0.808. The standard InChI is InChI=1S/C14H14O3.Na.H/c1-9(14(15)16)10-3-4-12-8-13(17-2)6-5-11(12)7-10;;/h3-9H,1-2H3,(H,15,16);;. The Labute approximate surface area is 128 Å². The van der Waals surface area contributed by atoms with Crippen molar-refractivity contribution in [1.29, 1.82) is 0 Å². The van der Waals surface area contributed by atoms with E-state index in [1.807, 2.05) is 36.4 Å². The summed E-state index contributed by atoms with van der Waals surface area (Å²) in [5.41, 5.74) is 0.815. The molecule has 0 aromatic heterocycles. The molecular formula is C14H15NaO3. The monoisotopic (exact) mass is 254 g/mol. The Morgan fingerprint density at radius 1 is 1.17 bits per heavy atom. The second kappa shape index (κ2) is 6.23. The Kier molecular flexibility index (Phi) is 5.20. The third kappa shape index (κ3) is 3.05. The molecule has 0 bridgehead atoms. The summed E-state index contributed by atoms with van der Waals surface area (Å²) in [7, 11) is 1.63. The molecule has 90 valence electrons. The fourth-order valence-electron chi connectivity index (χ4n) is 1.78. The van der Waals surface area contributed by atoms with Crippen LogP contribution < -0.4 is 4.74 Å². The number of carboxylic acid groups (broad SMARTS) is 1. The zero-order valence-electron chi connectivity index (χ0n) is 9.81. The van der Waals surface area contributed by atoms with Crippen LogP contribution in [0.4, 0.5) is 0 Å². The first kappa shape index (κ1) is 15.0. The van der Waals surface area contributed by atoms with Crippen molar-refractivity contribution in [1.82, 2.24) is 0 Å². The molecule has 1 unspecified atom stereocenters. The van der Waals surface area contributed by atoms with Crippen molar-refractivity contribution in [3.05, 3.63) is 42.0 Å². The summed E-state index contributed by atoms with van der Waals surface area (Å²) in [6.45, 7) is 1.69. The molecule has 0 saturated heterocycles. The molecule has 2 aromatic carbocycles. The molecule has 0 amide bonds. The van der Waals surface area contributed by atoms with E-state index in [4.69, 9.17) is 9.84 Å². The van der Waals surface area contributed by atoms with Gasteiger partial charge in [-0.25, -0.2) is 0 Å². The minimum absolute atomic E-state index is 0. The van der Waals surface area contributed by atoms with Crippen LogP contribution in [0.5, 0.6) is 5.75 Å². The van der Waals surface area contributed by atoms with Crippen molar-refractivity contribution in [3.63, 3.8) is 0 Å². The van der Waals surface area contributed by atoms with Crippen molar-refractivity contribution < 1.29 is 14.6 Å². The summed E-state index contributed by atoms with van der Waals surface area (Å²) in [6.07, 6.45) is 0. The van der Waals surface area contributed by atoms with Crippen LogP contribution in [0.15, 0.2) is 36.4 Å². The molecule has 0 radical (unpaired) electrons. The molecule has 0 heterocycles. The van der Waals surface area contributed by atoms with Gasteiger partial charge in [-0.2, -0.15) is 0 Å². The zero-order valence-corrected chi connectivity index (χ0v) is 9.81. The second-order valence-electron chi connectivity index (χ2n) is 4.03. The van der Waals surface area contributed by atoms with E-state index in [2.05, 4.69) is 0 Å². The number of hydrogen-bond acceptors (Lipinski definition) is 2.